The molecule has 0 N–H and O–H groups in total. The molecule has 0 amide bonds. The zero-order valence-electron chi connectivity index (χ0n) is 10.5. The van der Waals surface area contributed by atoms with E-state index in [0.29, 0.717) is 0 Å². The highest BCUT2D eigenvalue weighted by Gasteiger charge is 2.59. The summed E-state index contributed by atoms with van der Waals surface area (Å²) in [6, 6.07) is 7.69. The van der Waals surface area contributed by atoms with Crippen LogP contribution >= 0.6 is 0 Å². The molecule has 0 aliphatic carbocycles. The molecular formula is C15H14O4. The summed E-state index contributed by atoms with van der Waals surface area (Å²) >= 11 is 0. The number of fused-ring (bicyclic) bond motifs is 5. The zero-order chi connectivity index (χ0) is 13.0. The van der Waals surface area contributed by atoms with E-state index in [1.807, 2.05) is 36.4 Å². The van der Waals surface area contributed by atoms with Crippen LogP contribution in [0.5, 0.6) is 5.75 Å². The molecular weight excluding hydrogens is 244 g/mol. The number of cyclic esters (lactones) is 1. The van der Waals surface area contributed by atoms with Gasteiger partial charge in [0.15, 0.2) is 0 Å². The van der Waals surface area contributed by atoms with Crippen molar-refractivity contribution in [1.82, 2.24) is 0 Å². The third-order valence-corrected chi connectivity index (χ3v) is 4.26. The number of methoxy groups -OCH3 is 1. The minimum atomic E-state index is -0.205. The van der Waals surface area contributed by atoms with Crippen LogP contribution in [0.15, 0.2) is 36.4 Å². The molecule has 3 aliphatic heterocycles. The van der Waals surface area contributed by atoms with Crippen molar-refractivity contribution in [1.29, 1.82) is 0 Å². The summed E-state index contributed by atoms with van der Waals surface area (Å²) in [5.41, 5.74) is 1.01. The Morgan fingerprint density at radius 2 is 1.84 bits per heavy atom. The van der Waals surface area contributed by atoms with Crippen LogP contribution in [-0.2, 0) is 14.3 Å². The molecule has 3 heterocycles. The Labute approximate surface area is 111 Å². The lowest BCUT2D eigenvalue weighted by Crippen LogP contribution is -2.25. The second kappa shape index (κ2) is 3.84. The van der Waals surface area contributed by atoms with Crippen molar-refractivity contribution in [3.63, 3.8) is 0 Å². The molecule has 2 saturated heterocycles. The Kier molecular flexibility index (Phi) is 2.23. The predicted octanol–water partition coefficient (Wildman–Crippen LogP) is 1.86. The van der Waals surface area contributed by atoms with Crippen molar-refractivity contribution in [3.05, 3.63) is 42.0 Å². The maximum Gasteiger partial charge on any atom is 0.313 e. The summed E-state index contributed by atoms with van der Waals surface area (Å²) in [6.07, 6.45) is 3.73. The van der Waals surface area contributed by atoms with Crippen LogP contribution in [0.4, 0.5) is 0 Å². The minimum Gasteiger partial charge on any atom is -0.497 e. The van der Waals surface area contributed by atoms with Crippen LogP contribution in [0.2, 0.25) is 0 Å². The summed E-state index contributed by atoms with van der Waals surface area (Å²) in [5.74, 6) is 0.634. The molecule has 0 saturated carbocycles. The molecule has 2 bridgehead atoms. The first kappa shape index (κ1) is 11.1. The fraction of sp³-hybridized carbons (Fsp3) is 0.400. The number of carbonyl (C=O) groups is 1. The fourth-order valence-electron chi connectivity index (χ4n) is 3.36. The Balaban J connectivity index is 1.68. The van der Waals surface area contributed by atoms with Crippen molar-refractivity contribution < 1.29 is 19.0 Å². The van der Waals surface area contributed by atoms with Crippen molar-refractivity contribution in [2.75, 3.05) is 7.11 Å². The molecule has 0 radical (unpaired) electrons. The zero-order valence-corrected chi connectivity index (χ0v) is 10.5. The van der Waals surface area contributed by atoms with Gasteiger partial charge in [-0.1, -0.05) is 24.3 Å². The number of hydrogen-bond donors (Lipinski definition) is 0. The third kappa shape index (κ3) is 1.46. The maximum absolute atomic E-state index is 12.0. The average molecular weight is 258 g/mol. The van der Waals surface area contributed by atoms with Crippen LogP contribution in [0, 0.1) is 11.8 Å². The minimum absolute atomic E-state index is 0.00792. The van der Waals surface area contributed by atoms with E-state index in [0.717, 1.165) is 11.3 Å². The van der Waals surface area contributed by atoms with Crippen molar-refractivity contribution in [2.24, 2.45) is 11.8 Å². The first-order valence-corrected chi connectivity index (χ1v) is 6.46. The normalized spacial score (nSPS) is 38.4. The molecule has 0 unspecified atom stereocenters. The van der Waals surface area contributed by atoms with E-state index in [4.69, 9.17) is 14.2 Å². The van der Waals surface area contributed by atoms with Gasteiger partial charge in [-0.05, 0) is 17.7 Å². The smallest absolute Gasteiger partial charge is 0.313 e. The quantitative estimate of drug-likeness (QED) is 0.600. The van der Waals surface area contributed by atoms with Crippen molar-refractivity contribution in [3.8, 4) is 5.75 Å². The highest BCUT2D eigenvalue weighted by atomic mass is 16.6. The molecule has 5 atom stereocenters. The van der Waals surface area contributed by atoms with Gasteiger partial charge in [0, 0.05) is 5.92 Å². The number of benzene rings is 1. The van der Waals surface area contributed by atoms with Crippen LogP contribution in [0.25, 0.3) is 0 Å². The molecule has 4 nitrogen and oxygen atoms in total. The largest absolute Gasteiger partial charge is 0.497 e. The summed E-state index contributed by atoms with van der Waals surface area (Å²) in [6.45, 7) is 0. The van der Waals surface area contributed by atoms with E-state index in [2.05, 4.69) is 0 Å². The molecule has 1 aromatic carbocycles. The summed E-state index contributed by atoms with van der Waals surface area (Å²) in [4.78, 5) is 12.0. The third-order valence-electron chi connectivity index (χ3n) is 4.26. The molecule has 0 aromatic heterocycles. The van der Waals surface area contributed by atoms with E-state index in [-0.39, 0.29) is 36.1 Å². The summed E-state index contributed by atoms with van der Waals surface area (Å²) in [7, 11) is 1.63. The van der Waals surface area contributed by atoms with E-state index in [1.54, 1.807) is 7.11 Å². The van der Waals surface area contributed by atoms with Crippen LogP contribution in [-0.4, -0.2) is 25.3 Å². The molecule has 3 aliphatic rings. The van der Waals surface area contributed by atoms with Gasteiger partial charge in [0.25, 0.3) is 0 Å². The molecule has 0 spiro atoms. The van der Waals surface area contributed by atoms with Crippen LogP contribution in [0.3, 0.4) is 0 Å². The fourth-order valence-corrected chi connectivity index (χ4v) is 3.36. The van der Waals surface area contributed by atoms with Crippen LogP contribution in [0.1, 0.15) is 11.7 Å². The van der Waals surface area contributed by atoms with Crippen molar-refractivity contribution >= 4 is 5.97 Å². The average Bonchev–Trinajstić information content (AvgIpc) is 3.12. The van der Waals surface area contributed by atoms with Gasteiger partial charge in [-0.25, -0.2) is 0 Å². The molecule has 19 heavy (non-hydrogen) atoms. The first-order chi connectivity index (χ1) is 9.28. The summed E-state index contributed by atoms with van der Waals surface area (Å²) < 4.78 is 16.5. The molecule has 2 fully saturated rings. The van der Waals surface area contributed by atoms with Crippen molar-refractivity contribution in [2.45, 2.75) is 18.3 Å². The number of ether oxygens (including phenoxy) is 3. The number of esters is 1. The van der Waals surface area contributed by atoms with Gasteiger partial charge >= 0.3 is 5.97 Å². The summed E-state index contributed by atoms with van der Waals surface area (Å²) in [5, 5.41) is 0. The molecule has 4 rings (SSSR count). The first-order valence-electron chi connectivity index (χ1n) is 6.46. The van der Waals surface area contributed by atoms with Gasteiger partial charge in [-0.2, -0.15) is 0 Å². The van der Waals surface area contributed by atoms with Gasteiger partial charge in [0.05, 0.1) is 25.2 Å². The lowest BCUT2D eigenvalue weighted by atomic mass is 9.80. The molecule has 98 valence electrons. The van der Waals surface area contributed by atoms with E-state index >= 15 is 0 Å². The topological polar surface area (TPSA) is 44.8 Å². The maximum atomic E-state index is 12.0. The number of rotatable bonds is 2. The Hall–Kier alpha value is -1.81. The Morgan fingerprint density at radius 3 is 2.58 bits per heavy atom. The predicted molar refractivity (Wildman–Crippen MR) is 66.6 cm³/mol. The molecule has 4 heteroatoms. The lowest BCUT2D eigenvalue weighted by molar-refractivity contribution is -0.147. The van der Waals surface area contributed by atoms with Gasteiger partial charge in [0.2, 0.25) is 0 Å². The van der Waals surface area contributed by atoms with E-state index < -0.39 is 0 Å². The number of hydrogen-bond acceptors (Lipinski definition) is 4. The Bertz CT molecular complexity index is 548. The van der Waals surface area contributed by atoms with Gasteiger partial charge in [-0.15, -0.1) is 0 Å². The highest BCUT2D eigenvalue weighted by Crippen LogP contribution is 2.52. The van der Waals surface area contributed by atoms with Gasteiger partial charge < -0.3 is 14.2 Å². The highest BCUT2D eigenvalue weighted by molar-refractivity contribution is 5.78. The second-order valence-electron chi connectivity index (χ2n) is 5.18. The Morgan fingerprint density at radius 1 is 1.11 bits per heavy atom. The number of carbonyl (C=O) groups excluding carboxylic acids is 1. The van der Waals surface area contributed by atoms with Crippen LogP contribution < -0.4 is 4.74 Å². The lowest BCUT2D eigenvalue weighted by Gasteiger charge is -2.20. The van der Waals surface area contributed by atoms with Gasteiger partial charge in [-0.3, -0.25) is 4.79 Å². The van der Waals surface area contributed by atoms with E-state index in [9.17, 15) is 4.79 Å². The van der Waals surface area contributed by atoms with Gasteiger partial charge in [0.1, 0.15) is 11.9 Å². The monoisotopic (exact) mass is 258 g/mol. The standard InChI is InChI=1S/C15H14O4/c1-17-9-4-2-8(3-5-9)14-12-10-6-7-11(18-10)13(12)15(16)19-14/h2-7,10-14H,1H3/t10-,11+,12-,13+,14-/m1/s1. The van der Waals surface area contributed by atoms with E-state index in [1.165, 1.54) is 0 Å². The molecule has 1 aromatic rings. The SMILES string of the molecule is COc1ccc([C@H]2OC(=O)[C@@H]3[C@H]2[C@H]2C=C[C@@H]3O2)cc1. The second-order valence-corrected chi connectivity index (χ2v) is 5.18.